The van der Waals surface area contributed by atoms with Crippen LogP contribution in [0.5, 0.6) is 5.75 Å². The van der Waals surface area contributed by atoms with Gasteiger partial charge in [-0.15, -0.1) is 0 Å². The molecule has 0 saturated heterocycles. The predicted molar refractivity (Wildman–Crippen MR) is 63.5 cm³/mol. The smallest absolute Gasteiger partial charge is 0.335 e. The molecule has 1 aliphatic carbocycles. The molecule has 1 aromatic rings. The Hall–Kier alpha value is -1.65. The first-order chi connectivity index (χ1) is 8.11. The van der Waals surface area contributed by atoms with Gasteiger partial charge in [-0.3, -0.25) is 0 Å². The number of carbonyl (C=O) groups excluding carboxylic acids is 1. The maximum absolute atomic E-state index is 11.1. The number of hydrogen-bond acceptors (Lipinski definition) is 4. The maximum atomic E-state index is 11.1. The third kappa shape index (κ3) is 2.38. The molecular weight excluding hydrogens is 218 g/mol. The number of hydrogen-bond donors (Lipinski definition) is 2. The molecular formula is C13H15NO3. The summed E-state index contributed by atoms with van der Waals surface area (Å²) < 4.78 is 5.02. The number of esters is 1. The molecule has 0 spiro atoms. The molecule has 2 rings (SSSR count). The Bertz CT molecular complexity index is 456. The van der Waals surface area contributed by atoms with Crippen LogP contribution >= 0.6 is 0 Å². The zero-order valence-electron chi connectivity index (χ0n) is 9.43. The lowest BCUT2D eigenvalue weighted by Gasteiger charge is -2.27. The lowest BCUT2D eigenvalue weighted by molar-refractivity contribution is -0.128. The fourth-order valence-corrected chi connectivity index (χ4v) is 2.02. The van der Waals surface area contributed by atoms with Gasteiger partial charge >= 0.3 is 5.97 Å². The van der Waals surface area contributed by atoms with Gasteiger partial charge in [-0.2, -0.15) is 0 Å². The van der Waals surface area contributed by atoms with Crippen molar-refractivity contribution < 1.29 is 14.6 Å². The van der Waals surface area contributed by atoms with Crippen LogP contribution in [0.3, 0.4) is 0 Å². The standard InChI is InChI=1S/C13H15NO3/c1-2-12(15)17-9-4-5-10-8(7-9)3-6-11(14)13(10)16/h2,4-5,7,11,13,16H,1,3,6,14H2. The van der Waals surface area contributed by atoms with Crippen LogP contribution < -0.4 is 10.5 Å². The second-order valence-corrected chi connectivity index (χ2v) is 4.13. The summed E-state index contributed by atoms with van der Waals surface area (Å²) in [7, 11) is 0. The quantitative estimate of drug-likeness (QED) is 0.455. The first kappa shape index (κ1) is 11.8. The fraction of sp³-hybridized carbons (Fsp3) is 0.308. The molecule has 2 unspecified atom stereocenters. The maximum Gasteiger partial charge on any atom is 0.335 e. The van der Waals surface area contributed by atoms with Gasteiger partial charge in [0.2, 0.25) is 0 Å². The van der Waals surface area contributed by atoms with Crippen LogP contribution in [0.4, 0.5) is 0 Å². The zero-order chi connectivity index (χ0) is 12.4. The van der Waals surface area contributed by atoms with Gasteiger partial charge in [-0.1, -0.05) is 12.6 Å². The van der Waals surface area contributed by atoms with E-state index in [-0.39, 0.29) is 6.04 Å². The van der Waals surface area contributed by atoms with Gasteiger partial charge < -0.3 is 15.6 Å². The van der Waals surface area contributed by atoms with Gasteiger partial charge in [0, 0.05) is 12.1 Å². The van der Waals surface area contributed by atoms with E-state index in [4.69, 9.17) is 10.5 Å². The Balaban J connectivity index is 2.26. The monoisotopic (exact) mass is 233 g/mol. The van der Waals surface area contributed by atoms with Crippen molar-refractivity contribution in [2.75, 3.05) is 0 Å². The number of nitrogens with two attached hydrogens (primary N) is 1. The Morgan fingerprint density at radius 1 is 1.59 bits per heavy atom. The van der Waals surface area contributed by atoms with E-state index in [0.29, 0.717) is 5.75 Å². The fourth-order valence-electron chi connectivity index (χ4n) is 2.02. The Kier molecular flexibility index (Phi) is 3.26. The van der Waals surface area contributed by atoms with Gasteiger partial charge in [-0.25, -0.2) is 4.79 Å². The number of aryl methyl sites for hydroxylation is 1. The molecule has 1 aliphatic rings. The van der Waals surface area contributed by atoms with Crippen molar-refractivity contribution in [1.82, 2.24) is 0 Å². The van der Waals surface area contributed by atoms with E-state index in [0.717, 1.165) is 30.0 Å². The van der Waals surface area contributed by atoms with E-state index < -0.39 is 12.1 Å². The average Bonchev–Trinajstić information content (AvgIpc) is 2.34. The third-order valence-electron chi connectivity index (χ3n) is 2.97. The van der Waals surface area contributed by atoms with Crippen LogP contribution in [0.1, 0.15) is 23.7 Å². The Morgan fingerprint density at radius 2 is 2.35 bits per heavy atom. The van der Waals surface area contributed by atoms with E-state index in [1.165, 1.54) is 0 Å². The molecule has 0 amide bonds. The molecule has 0 fully saturated rings. The van der Waals surface area contributed by atoms with Gasteiger partial charge in [0.05, 0.1) is 6.10 Å². The molecule has 0 radical (unpaired) electrons. The molecule has 1 aromatic carbocycles. The van der Waals surface area contributed by atoms with Crippen molar-refractivity contribution in [3.8, 4) is 5.75 Å². The number of rotatable bonds is 2. The molecule has 0 heterocycles. The lowest BCUT2D eigenvalue weighted by Crippen LogP contribution is -2.32. The molecule has 0 aromatic heterocycles. The summed E-state index contributed by atoms with van der Waals surface area (Å²) in [6, 6.07) is 4.96. The van der Waals surface area contributed by atoms with E-state index in [9.17, 15) is 9.90 Å². The number of carbonyl (C=O) groups is 1. The third-order valence-corrected chi connectivity index (χ3v) is 2.97. The summed E-state index contributed by atoms with van der Waals surface area (Å²) in [5.74, 6) is -0.0191. The summed E-state index contributed by atoms with van der Waals surface area (Å²) in [4.78, 5) is 11.1. The van der Waals surface area contributed by atoms with Crippen molar-refractivity contribution >= 4 is 5.97 Å². The minimum atomic E-state index is -0.636. The highest BCUT2D eigenvalue weighted by Crippen LogP contribution is 2.31. The summed E-state index contributed by atoms with van der Waals surface area (Å²) in [5.41, 5.74) is 7.59. The van der Waals surface area contributed by atoms with Crippen molar-refractivity contribution in [2.24, 2.45) is 5.73 Å². The second kappa shape index (κ2) is 4.69. The van der Waals surface area contributed by atoms with Crippen molar-refractivity contribution in [3.63, 3.8) is 0 Å². The second-order valence-electron chi connectivity index (χ2n) is 4.13. The van der Waals surface area contributed by atoms with Gasteiger partial charge in [-0.05, 0) is 36.1 Å². The molecule has 0 aliphatic heterocycles. The summed E-state index contributed by atoms with van der Waals surface area (Å²) >= 11 is 0. The first-order valence-electron chi connectivity index (χ1n) is 5.52. The number of aliphatic hydroxyl groups is 1. The molecule has 2 atom stereocenters. The SMILES string of the molecule is C=CC(=O)Oc1ccc2c(c1)CCC(N)C2O. The van der Waals surface area contributed by atoms with E-state index >= 15 is 0 Å². The van der Waals surface area contributed by atoms with Crippen molar-refractivity contribution in [3.05, 3.63) is 42.0 Å². The van der Waals surface area contributed by atoms with Crippen LogP contribution in [0.25, 0.3) is 0 Å². The minimum absolute atomic E-state index is 0.218. The number of ether oxygens (including phenoxy) is 1. The highest BCUT2D eigenvalue weighted by atomic mass is 16.5. The average molecular weight is 233 g/mol. The lowest BCUT2D eigenvalue weighted by atomic mass is 9.86. The van der Waals surface area contributed by atoms with E-state index in [1.54, 1.807) is 18.2 Å². The van der Waals surface area contributed by atoms with Gasteiger partial charge in [0.15, 0.2) is 0 Å². The van der Waals surface area contributed by atoms with E-state index in [1.807, 2.05) is 0 Å². The van der Waals surface area contributed by atoms with Gasteiger partial charge in [0.1, 0.15) is 5.75 Å². The van der Waals surface area contributed by atoms with E-state index in [2.05, 4.69) is 6.58 Å². The van der Waals surface area contributed by atoms with Crippen LogP contribution in [-0.2, 0) is 11.2 Å². The van der Waals surface area contributed by atoms with Crippen molar-refractivity contribution in [2.45, 2.75) is 25.0 Å². The van der Waals surface area contributed by atoms with Crippen LogP contribution in [0, 0.1) is 0 Å². The number of aliphatic hydroxyl groups excluding tert-OH is 1. The normalized spacial score (nSPS) is 22.7. The molecule has 4 nitrogen and oxygen atoms in total. The first-order valence-corrected chi connectivity index (χ1v) is 5.52. The number of benzene rings is 1. The highest BCUT2D eigenvalue weighted by Gasteiger charge is 2.25. The molecule has 4 heteroatoms. The minimum Gasteiger partial charge on any atom is -0.423 e. The van der Waals surface area contributed by atoms with Gasteiger partial charge in [0.25, 0.3) is 0 Å². The van der Waals surface area contributed by atoms with Crippen molar-refractivity contribution in [1.29, 1.82) is 0 Å². The molecule has 0 bridgehead atoms. The van der Waals surface area contributed by atoms with Crippen LogP contribution in [0.15, 0.2) is 30.9 Å². The Morgan fingerprint density at radius 3 is 3.06 bits per heavy atom. The number of fused-ring (bicyclic) bond motifs is 1. The predicted octanol–water partition coefficient (Wildman–Crippen LogP) is 1.08. The van der Waals surface area contributed by atoms with Crippen LogP contribution in [-0.4, -0.2) is 17.1 Å². The summed E-state index contributed by atoms with van der Waals surface area (Å²) in [6.45, 7) is 3.34. The molecule has 3 N–H and O–H groups in total. The topological polar surface area (TPSA) is 72.5 Å². The largest absolute Gasteiger partial charge is 0.423 e. The molecule has 0 saturated carbocycles. The summed E-state index contributed by atoms with van der Waals surface area (Å²) in [5, 5.41) is 9.90. The molecule has 17 heavy (non-hydrogen) atoms. The summed E-state index contributed by atoms with van der Waals surface area (Å²) in [6.07, 6.45) is 1.99. The van der Waals surface area contributed by atoms with Crippen LogP contribution in [0.2, 0.25) is 0 Å². The highest BCUT2D eigenvalue weighted by molar-refractivity contribution is 5.83. The zero-order valence-corrected chi connectivity index (χ0v) is 9.43. The Labute approximate surface area is 99.7 Å². The molecule has 90 valence electrons.